The summed E-state index contributed by atoms with van der Waals surface area (Å²) in [6.07, 6.45) is 0.998. The second-order valence-electron chi connectivity index (χ2n) is 8.55. The van der Waals surface area contributed by atoms with E-state index in [1.54, 1.807) is 36.5 Å². The summed E-state index contributed by atoms with van der Waals surface area (Å²) in [5.74, 6) is -1.51. The number of thiophene rings is 1. The number of hydrogen-bond acceptors (Lipinski definition) is 5. The Morgan fingerprint density at radius 1 is 1.23 bits per heavy atom. The molecule has 1 aromatic carbocycles. The predicted octanol–water partition coefficient (Wildman–Crippen LogP) is 5.45. The van der Waals surface area contributed by atoms with E-state index in [4.69, 9.17) is 4.74 Å². The maximum Gasteiger partial charge on any atom is 0.336 e. The molecule has 2 atom stereocenters. The zero-order valence-electron chi connectivity index (χ0n) is 17.9. The summed E-state index contributed by atoms with van der Waals surface area (Å²) in [6.45, 7) is 5.97. The van der Waals surface area contributed by atoms with Gasteiger partial charge in [0.1, 0.15) is 5.82 Å². The molecular weight excluding hydrogens is 413 g/mol. The largest absolute Gasteiger partial charge is 0.462 e. The van der Waals surface area contributed by atoms with Crippen LogP contribution in [0.5, 0.6) is 0 Å². The highest BCUT2D eigenvalue weighted by molar-refractivity contribution is 7.10. The van der Waals surface area contributed by atoms with Crippen LogP contribution in [0.15, 0.2) is 64.3 Å². The molecule has 0 saturated heterocycles. The van der Waals surface area contributed by atoms with Crippen molar-refractivity contribution in [3.63, 3.8) is 0 Å². The number of hydrogen-bond donors (Lipinski definition) is 1. The third-order valence-electron chi connectivity index (χ3n) is 5.76. The number of allylic oxidation sites excluding steroid dienone is 3. The van der Waals surface area contributed by atoms with Gasteiger partial charge in [0.2, 0.25) is 0 Å². The Hall–Kier alpha value is -2.73. The van der Waals surface area contributed by atoms with Crippen LogP contribution in [-0.4, -0.2) is 18.4 Å². The molecule has 4 nitrogen and oxygen atoms in total. The molecule has 2 heterocycles. The Labute approximate surface area is 185 Å². The maximum atomic E-state index is 14.9. The molecular formula is C25H26FNO3S. The Balaban J connectivity index is 1.79. The number of ether oxygens (including phenoxy) is 1. The number of ketones is 1. The van der Waals surface area contributed by atoms with E-state index in [2.05, 4.69) is 5.32 Å². The number of esters is 1. The van der Waals surface area contributed by atoms with Gasteiger partial charge in [0.25, 0.3) is 0 Å². The molecule has 0 bridgehead atoms. The molecule has 2 aliphatic rings. The lowest BCUT2D eigenvalue weighted by molar-refractivity contribution is -0.140. The zero-order chi connectivity index (χ0) is 22.1. The van der Waals surface area contributed by atoms with Gasteiger partial charge in [0.05, 0.1) is 18.1 Å². The summed E-state index contributed by atoms with van der Waals surface area (Å²) in [6, 6.07) is 10.4. The quantitative estimate of drug-likeness (QED) is 0.630. The smallest absolute Gasteiger partial charge is 0.336 e. The van der Waals surface area contributed by atoms with Crippen LogP contribution in [0.2, 0.25) is 0 Å². The van der Waals surface area contributed by atoms with Crippen LogP contribution in [0.1, 0.15) is 55.9 Å². The molecule has 2 aromatic rings. The molecule has 1 aliphatic heterocycles. The second-order valence-corrected chi connectivity index (χ2v) is 9.53. The van der Waals surface area contributed by atoms with E-state index in [9.17, 15) is 14.0 Å². The number of benzene rings is 1. The molecule has 1 aromatic heterocycles. The van der Waals surface area contributed by atoms with Crippen molar-refractivity contribution in [1.29, 1.82) is 0 Å². The van der Waals surface area contributed by atoms with E-state index in [0.29, 0.717) is 35.2 Å². The summed E-state index contributed by atoms with van der Waals surface area (Å²) < 4.78 is 20.4. The van der Waals surface area contributed by atoms with E-state index in [-0.39, 0.29) is 24.2 Å². The van der Waals surface area contributed by atoms with Gasteiger partial charge in [-0.15, -0.1) is 11.3 Å². The Kier molecular flexibility index (Phi) is 6.10. The Morgan fingerprint density at radius 2 is 2.00 bits per heavy atom. The van der Waals surface area contributed by atoms with Crippen molar-refractivity contribution in [2.45, 2.75) is 45.4 Å². The molecule has 31 heavy (non-hydrogen) atoms. The van der Waals surface area contributed by atoms with E-state index in [1.165, 1.54) is 6.07 Å². The van der Waals surface area contributed by atoms with Gasteiger partial charge in [0, 0.05) is 39.7 Å². The highest BCUT2D eigenvalue weighted by atomic mass is 32.1. The van der Waals surface area contributed by atoms with Gasteiger partial charge in [0.15, 0.2) is 5.78 Å². The minimum atomic E-state index is -0.770. The van der Waals surface area contributed by atoms with Gasteiger partial charge in [-0.1, -0.05) is 38.1 Å². The van der Waals surface area contributed by atoms with Crippen molar-refractivity contribution in [3.8, 4) is 0 Å². The lowest BCUT2D eigenvalue weighted by Gasteiger charge is -2.36. The average Bonchev–Trinajstić information content (AvgIpc) is 3.26. The van der Waals surface area contributed by atoms with Gasteiger partial charge in [-0.2, -0.15) is 0 Å². The SMILES string of the molecule is CC1=C(C(=O)OCC(C)C)[C@@H](c2ccccc2F)C2=C(C[C@H](c3cccs3)CC2=O)N1. The third kappa shape index (κ3) is 4.22. The van der Waals surface area contributed by atoms with Crippen molar-refractivity contribution in [2.75, 3.05) is 6.61 Å². The monoisotopic (exact) mass is 439 g/mol. The van der Waals surface area contributed by atoms with E-state index in [0.717, 1.165) is 10.6 Å². The van der Waals surface area contributed by atoms with Crippen molar-refractivity contribution >= 4 is 23.1 Å². The van der Waals surface area contributed by atoms with Crippen LogP contribution in [0.3, 0.4) is 0 Å². The first kappa shape index (κ1) is 21.5. The summed E-state index contributed by atoms with van der Waals surface area (Å²) in [7, 11) is 0. The fraction of sp³-hybridized carbons (Fsp3) is 0.360. The molecule has 4 rings (SSSR count). The molecule has 0 spiro atoms. The molecule has 162 valence electrons. The molecule has 0 amide bonds. The van der Waals surface area contributed by atoms with Crippen LogP contribution in [-0.2, 0) is 14.3 Å². The number of carbonyl (C=O) groups excluding carboxylic acids is 2. The summed E-state index contributed by atoms with van der Waals surface area (Å²) in [5.41, 5.74) is 2.52. The first-order valence-electron chi connectivity index (χ1n) is 10.6. The summed E-state index contributed by atoms with van der Waals surface area (Å²) >= 11 is 1.64. The number of Topliss-reactive ketones (excluding diaryl/α,β-unsaturated/α-hetero) is 1. The highest BCUT2D eigenvalue weighted by Crippen LogP contribution is 2.46. The van der Waals surface area contributed by atoms with Crippen molar-refractivity contribution < 1.29 is 18.7 Å². The third-order valence-corrected chi connectivity index (χ3v) is 6.79. The fourth-order valence-electron chi connectivity index (χ4n) is 4.37. The first-order chi connectivity index (χ1) is 14.9. The standard InChI is InChI=1S/C25H26FNO3S/c1-14(2)13-30-25(29)22-15(3)27-19-11-16(21-9-6-10-31-21)12-20(28)24(19)23(22)17-7-4-5-8-18(17)26/h4-10,14,16,23,27H,11-13H2,1-3H3/t16-,23+/m0/s1. The number of nitrogens with one attached hydrogen (secondary N) is 1. The molecule has 1 aliphatic carbocycles. The number of rotatable bonds is 5. The topological polar surface area (TPSA) is 55.4 Å². The minimum absolute atomic E-state index is 0.0536. The van der Waals surface area contributed by atoms with Crippen LogP contribution >= 0.6 is 11.3 Å². The lowest BCUT2D eigenvalue weighted by atomic mass is 9.72. The molecule has 0 radical (unpaired) electrons. The predicted molar refractivity (Wildman–Crippen MR) is 119 cm³/mol. The molecule has 0 fully saturated rings. The average molecular weight is 440 g/mol. The number of carbonyl (C=O) groups is 2. The highest BCUT2D eigenvalue weighted by Gasteiger charge is 2.42. The van der Waals surface area contributed by atoms with Crippen LogP contribution < -0.4 is 5.32 Å². The number of dihydropyridines is 1. The summed E-state index contributed by atoms with van der Waals surface area (Å²) in [5, 5.41) is 5.31. The van der Waals surface area contributed by atoms with Gasteiger partial charge in [-0.25, -0.2) is 9.18 Å². The van der Waals surface area contributed by atoms with Crippen molar-refractivity contribution in [2.24, 2.45) is 5.92 Å². The molecule has 6 heteroatoms. The van der Waals surface area contributed by atoms with Crippen LogP contribution in [0, 0.1) is 11.7 Å². The van der Waals surface area contributed by atoms with Gasteiger partial charge < -0.3 is 10.1 Å². The number of halogens is 1. The van der Waals surface area contributed by atoms with E-state index < -0.39 is 17.7 Å². The summed E-state index contributed by atoms with van der Waals surface area (Å²) in [4.78, 5) is 27.6. The molecule has 0 unspecified atom stereocenters. The first-order valence-corrected chi connectivity index (χ1v) is 11.4. The zero-order valence-corrected chi connectivity index (χ0v) is 18.7. The molecule has 0 saturated carbocycles. The van der Waals surface area contributed by atoms with Crippen molar-refractivity contribution in [3.05, 3.63) is 80.6 Å². The van der Waals surface area contributed by atoms with Gasteiger partial charge in [-0.3, -0.25) is 4.79 Å². The Bertz CT molecular complexity index is 1070. The fourth-order valence-corrected chi connectivity index (χ4v) is 5.21. The normalized spacial score (nSPS) is 21.3. The van der Waals surface area contributed by atoms with E-state index in [1.807, 2.05) is 31.4 Å². The van der Waals surface area contributed by atoms with Crippen LogP contribution in [0.4, 0.5) is 4.39 Å². The van der Waals surface area contributed by atoms with Gasteiger partial charge in [-0.05, 0) is 36.8 Å². The molecule has 1 N–H and O–H groups in total. The van der Waals surface area contributed by atoms with Crippen LogP contribution in [0.25, 0.3) is 0 Å². The van der Waals surface area contributed by atoms with E-state index >= 15 is 0 Å². The minimum Gasteiger partial charge on any atom is -0.462 e. The maximum absolute atomic E-state index is 14.9. The second kappa shape index (κ2) is 8.79. The van der Waals surface area contributed by atoms with Gasteiger partial charge >= 0.3 is 5.97 Å². The Morgan fingerprint density at radius 3 is 2.68 bits per heavy atom. The van der Waals surface area contributed by atoms with Crippen molar-refractivity contribution in [1.82, 2.24) is 5.32 Å². The lowest BCUT2D eigenvalue weighted by Crippen LogP contribution is -2.36.